The average Bonchev–Trinajstić information content (AvgIpc) is 2.53. The van der Waals surface area contributed by atoms with Gasteiger partial charge >= 0.3 is 0 Å². The number of amides is 1. The molecule has 2 atom stereocenters. The highest BCUT2D eigenvalue weighted by Gasteiger charge is 2.30. The highest BCUT2D eigenvalue weighted by atomic mass is 35.5. The van der Waals surface area contributed by atoms with Crippen molar-refractivity contribution in [2.24, 2.45) is 15.7 Å². The minimum Gasteiger partial charge on any atom is -0.326 e. The first-order valence-corrected chi connectivity index (χ1v) is 4.36. The highest BCUT2D eigenvalue weighted by molar-refractivity contribution is 6.21. The van der Waals surface area contributed by atoms with Gasteiger partial charge in [-0.15, -0.1) is 24.8 Å². The number of halogens is 2. The molecule has 0 bridgehead atoms. The van der Waals surface area contributed by atoms with E-state index in [1.54, 1.807) is 6.21 Å². The Kier molecular flexibility index (Phi) is 5.97. The molecular weight excluding hydrogens is 239 g/mol. The van der Waals surface area contributed by atoms with Crippen LogP contribution in [0.5, 0.6) is 0 Å². The molecule has 0 aliphatic carbocycles. The lowest BCUT2D eigenvalue weighted by atomic mass is 10.3. The minimum atomic E-state index is -0.418. The van der Waals surface area contributed by atoms with Crippen LogP contribution in [0.1, 0.15) is 6.42 Å². The number of likely N-dealkylation sites (tertiary alicyclic amines) is 1. The number of aliphatic imine (C=N–C) groups is 2. The predicted octanol–water partition coefficient (Wildman–Crippen LogP) is -0.129. The molecule has 0 aromatic rings. The van der Waals surface area contributed by atoms with Crippen LogP contribution in [0.25, 0.3) is 0 Å². The van der Waals surface area contributed by atoms with E-state index in [1.165, 1.54) is 6.21 Å². The topological polar surface area (TPSA) is 71.0 Å². The summed E-state index contributed by atoms with van der Waals surface area (Å²) in [4.78, 5) is 21.0. The number of carbonyl (C=O) groups excluding carboxylic acids is 1. The lowest BCUT2D eigenvalue weighted by molar-refractivity contribution is -0.122. The van der Waals surface area contributed by atoms with Crippen molar-refractivity contribution in [3.05, 3.63) is 0 Å². The zero-order chi connectivity index (χ0) is 9.26. The third-order valence-electron chi connectivity index (χ3n) is 2.32. The van der Waals surface area contributed by atoms with Crippen molar-refractivity contribution in [1.82, 2.24) is 4.90 Å². The minimum absolute atomic E-state index is 0. The van der Waals surface area contributed by atoms with Crippen molar-refractivity contribution in [3.63, 3.8) is 0 Å². The average molecular weight is 253 g/mol. The van der Waals surface area contributed by atoms with Crippen molar-refractivity contribution in [2.75, 3.05) is 13.1 Å². The van der Waals surface area contributed by atoms with Gasteiger partial charge in [-0.3, -0.25) is 14.7 Å². The van der Waals surface area contributed by atoms with E-state index in [2.05, 4.69) is 9.98 Å². The summed E-state index contributed by atoms with van der Waals surface area (Å²) in [5, 5.41) is 0. The standard InChI is InChI=1S/C8H12N4O.2ClH/c9-6-1-4-12(5-6)7-8(13)11-3-2-10-7;;/h2-3,6-7H,1,4-5,9H2;2*1H. The molecular formula is C8H14Cl2N4O. The Morgan fingerprint density at radius 3 is 2.67 bits per heavy atom. The van der Waals surface area contributed by atoms with Crippen LogP contribution in [-0.4, -0.2) is 48.5 Å². The van der Waals surface area contributed by atoms with Crippen molar-refractivity contribution < 1.29 is 4.79 Å². The lowest BCUT2D eigenvalue weighted by Crippen LogP contribution is -2.40. The van der Waals surface area contributed by atoms with Gasteiger partial charge in [-0.1, -0.05) is 0 Å². The van der Waals surface area contributed by atoms with Gasteiger partial charge in [0.05, 0.1) is 0 Å². The zero-order valence-electron chi connectivity index (χ0n) is 8.07. The van der Waals surface area contributed by atoms with Crippen LogP contribution >= 0.6 is 24.8 Å². The van der Waals surface area contributed by atoms with Gasteiger partial charge in [0.2, 0.25) is 0 Å². The van der Waals surface area contributed by atoms with Gasteiger partial charge in [-0.05, 0) is 6.42 Å². The van der Waals surface area contributed by atoms with E-state index >= 15 is 0 Å². The quantitative estimate of drug-likeness (QED) is 0.707. The Bertz CT molecular complexity index is 282. The Labute approximate surface area is 101 Å². The fourth-order valence-electron chi connectivity index (χ4n) is 1.65. The molecule has 2 unspecified atom stereocenters. The SMILES string of the molecule is Cl.Cl.NC1CCN(C2N=CC=NC2=O)C1. The van der Waals surface area contributed by atoms with Gasteiger partial charge in [-0.25, -0.2) is 4.99 Å². The van der Waals surface area contributed by atoms with E-state index < -0.39 is 6.17 Å². The largest absolute Gasteiger partial charge is 0.326 e. The fourth-order valence-corrected chi connectivity index (χ4v) is 1.65. The summed E-state index contributed by atoms with van der Waals surface area (Å²) in [6, 6.07) is 0.175. The van der Waals surface area contributed by atoms with Gasteiger partial charge in [0.1, 0.15) is 0 Å². The molecule has 2 aliphatic rings. The Morgan fingerprint density at radius 1 is 1.40 bits per heavy atom. The molecule has 2 rings (SSSR count). The molecule has 2 heterocycles. The number of hydrogen-bond donors (Lipinski definition) is 1. The third-order valence-corrected chi connectivity index (χ3v) is 2.32. The second-order valence-corrected chi connectivity index (χ2v) is 3.33. The maximum absolute atomic E-state index is 11.3. The monoisotopic (exact) mass is 252 g/mol. The Hall–Kier alpha value is -0.490. The number of carbonyl (C=O) groups is 1. The molecule has 86 valence electrons. The first-order chi connectivity index (χ1) is 6.27. The van der Waals surface area contributed by atoms with Gasteiger partial charge in [0.25, 0.3) is 5.91 Å². The Balaban J connectivity index is 0.000000980. The summed E-state index contributed by atoms with van der Waals surface area (Å²) in [6.07, 6.45) is 3.51. The van der Waals surface area contributed by atoms with E-state index in [4.69, 9.17) is 5.73 Å². The molecule has 1 saturated heterocycles. The molecule has 15 heavy (non-hydrogen) atoms. The molecule has 5 nitrogen and oxygen atoms in total. The highest BCUT2D eigenvalue weighted by Crippen LogP contribution is 2.13. The van der Waals surface area contributed by atoms with E-state index in [1.807, 2.05) is 4.90 Å². The number of rotatable bonds is 1. The van der Waals surface area contributed by atoms with E-state index in [-0.39, 0.29) is 36.8 Å². The number of nitrogens with zero attached hydrogens (tertiary/aromatic N) is 3. The van der Waals surface area contributed by atoms with Crippen molar-refractivity contribution in [3.8, 4) is 0 Å². The fraction of sp³-hybridized carbons (Fsp3) is 0.625. The molecule has 1 amide bonds. The molecule has 1 fully saturated rings. The van der Waals surface area contributed by atoms with E-state index in [0.29, 0.717) is 0 Å². The van der Waals surface area contributed by atoms with Crippen LogP contribution < -0.4 is 5.73 Å². The van der Waals surface area contributed by atoms with Crippen molar-refractivity contribution in [2.45, 2.75) is 18.6 Å². The molecule has 0 aromatic heterocycles. The van der Waals surface area contributed by atoms with Gasteiger partial charge < -0.3 is 5.73 Å². The van der Waals surface area contributed by atoms with Crippen LogP contribution in [0.4, 0.5) is 0 Å². The summed E-state index contributed by atoms with van der Waals surface area (Å²) < 4.78 is 0. The van der Waals surface area contributed by atoms with Crippen LogP contribution in [0.2, 0.25) is 0 Å². The zero-order valence-corrected chi connectivity index (χ0v) is 9.71. The second kappa shape index (κ2) is 6.17. The van der Waals surface area contributed by atoms with Gasteiger partial charge in [0.15, 0.2) is 6.17 Å². The van der Waals surface area contributed by atoms with Crippen LogP contribution in [0, 0.1) is 0 Å². The number of nitrogens with two attached hydrogens (primary N) is 1. The smallest absolute Gasteiger partial charge is 0.285 e. The molecule has 0 aromatic carbocycles. The molecule has 7 heteroatoms. The van der Waals surface area contributed by atoms with Gasteiger partial charge in [-0.2, -0.15) is 0 Å². The predicted molar refractivity (Wildman–Crippen MR) is 64.4 cm³/mol. The van der Waals surface area contributed by atoms with Crippen molar-refractivity contribution in [1.29, 1.82) is 0 Å². The molecule has 2 aliphatic heterocycles. The third kappa shape index (κ3) is 3.24. The normalized spacial score (nSPS) is 29.8. The molecule has 0 spiro atoms. The van der Waals surface area contributed by atoms with Crippen LogP contribution in [0.3, 0.4) is 0 Å². The second-order valence-electron chi connectivity index (χ2n) is 3.33. The molecule has 0 radical (unpaired) electrons. The summed E-state index contributed by atoms with van der Waals surface area (Å²) in [5.74, 6) is -0.184. The summed E-state index contributed by atoms with van der Waals surface area (Å²) in [7, 11) is 0. The van der Waals surface area contributed by atoms with Crippen molar-refractivity contribution >= 4 is 43.2 Å². The van der Waals surface area contributed by atoms with E-state index in [0.717, 1.165) is 19.5 Å². The van der Waals surface area contributed by atoms with E-state index in [9.17, 15) is 4.79 Å². The molecule has 2 N–H and O–H groups in total. The maximum atomic E-state index is 11.3. The first-order valence-electron chi connectivity index (χ1n) is 4.36. The number of hydrogen-bond acceptors (Lipinski definition) is 4. The Morgan fingerprint density at radius 2 is 2.13 bits per heavy atom. The summed E-state index contributed by atoms with van der Waals surface area (Å²) in [6.45, 7) is 1.58. The van der Waals surface area contributed by atoms with Crippen LogP contribution in [0.15, 0.2) is 9.98 Å². The first kappa shape index (κ1) is 14.5. The maximum Gasteiger partial charge on any atom is 0.285 e. The summed E-state index contributed by atoms with van der Waals surface area (Å²) >= 11 is 0. The van der Waals surface area contributed by atoms with Crippen LogP contribution in [-0.2, 0) is 4.79 Å². The summed E-state index contributed by atoms with van der Waals surface area (Å²) in [5.41, 5.74) is 5.73. The molecule has 0 saturated carbocycles. The van der Waals surface area contributed by atoms with Gasteiger partial charge in [0, 0.05) is 31.6 Å². The lowest BCUT2D eigenvalue weighted by Gasteiger charge is -2.21.